The second-order valence-corrected chi connectivity index (χ2v) is 12.5. The summed E-state index contributed by atoms with van der Waals surface area (Å²) in [5, 5.41) is 14.7. The van der Waals surface area contributed by atoms with Crippen molar-refractivity contribution in [2.45, 2.75) is 44.8 Å². The van der Waals surface area contributed by atoms with Crippen LogP contribution in [0.2, 0.25) is 0 Å². The van der Waals surface area contributed by atoms with Gasteiger partial charge in [0.05, 0.1) is 31.4 Å². The van der Waals surface area contributed by atoms with E-state index in [9.17, 15) is 4.79 Å². The molecule has 1 fully saturated rings. The van der Waals surface area contributed by atoms with Crippen LogP contribution in [-0.4, -0.2) is 63.6 Å². The second-order valence-electron chi connectivity index (χ2n) is 8.56. The fraction of sp³-hybridized carbons (Fsp3) is 0.435. The summed E-state index contributed by atoms with van der Waals surface area (Å²) in [5.74, 6) is 0.196. The lowest BCUT2D eigenvalue weighted by Gasteiger charge is -2.28. The summed E-state index contributed by atoms with van der Waals surface area (Å²) in [4.78, 5) is 25.1. The molecule has 0 amide bonds. The van der Waals surface area contributed by atoms with E-state index < -0.39 is 24.8 Å². The largest absolute Gasteiger partial charge is 0.465 e. The molecule has 0 radical (unpaired) electrons. The van der Waals surface area contributed by atoms with Gasteiger partial charge in [0.2, 0.25) is 5.95 Å². The Kier molecular flexibility index (Phi) is 8.50. The minimum absolute atomic E-state index is 0.0893. The van der Waals surface area contributed by atoms with Gasteiger partial charge in [-0.25, -0.2) is 4.98 Å². The Morgan fingerprint density at radius 3 is 2.84 bits per heavy atom. The van der Waals surface area contributed by atoms with Crippen LogP contribution in [0.15, 0.2) is 36.7 Å². The van der Waals surface area contributed by atoms with Gasteiger partial charge in [0.1, 0.15) is 12.5 Å². The average Bonchev–Trinajstić information content (AvgIpc) is 3.45. The summed E-state index contributed by atoms with van der Waals surface area (Å²) in [7, 11) is 1.72. The summed E-state index contributed by atoms with van der Waals surface area (Å²) in [6, 6.07) is 9.10. The molecule has 1 aliphatic heterocycles. The highest BCUT2D eigenvalue weighted by Gasteiger charge is 2.35. The maximum atomic E-state index is 12.3. The van der Waals surface area contributed by atoms with E-state index in [1.165, 1.54) is 0 Å². The van der Waals surface area contributed by atoms with E-state index in [0.29, 0.717) is 35.3 Å². The molecule has 1 saturated heterocycles. The van der Waals surface area contributed by atoms with Crippen LogP contribution in [0.3, 0.4) is 0 Å². The molecular weight excluding hydrogens is 515 g/mol. The number of ether oxygens (including phenoxy) is 2. The van der Waals surface area contributed by atoms with Gasteiger partial charge in [0, 0.05) is 19.6 Å². The summed E-state index contributed by atoms with van der Waals surface area (Å²) < 4.78 is 19.3. The van der Waals surface area contributed by atoms with Gasteiger partial charge < -0.3 is 30.5 Å². The number of carbonyl (C=O) groups excluding carboxylic acids is 1. The second kappa shape index (κ2) is 11.6. The number of benzene rings is 1. The van der Waals surface area contributed by atoms with E-state index in [0.717, 1.165) is 5.56 Å². The molecule has 1 aliphatic rings. The van der Waals surface area contributed by atoms with Crippen molar-refractivity contribution in [3.63, 3.8) is 0 Å². The number of nitrogen functional groups attached to an aromatic ring is 1. The Bertz CT molecular complexity index is 1320. The number of nitrogens with zero attached hydrogens (tertiary/aromatic N) is 4. The summed E-state index contributed by atoms with van der Waals surface area (Å²) in [6.45, 7) is 3.90. The van der Waals surface area contributed by atoms with Crippen LogP contribution in [0, 0.1) is 5.41 Å². The molecule has 198 valence electrons. The van der Waals surface area contributed by atoms with Crippen molar-refractivity contribution >= 4 is 52.8 Å². The number of fused-ring (bicyclic) bond motifs is 1. The summed E-state index contributed by atoms with van der Waals surface area (Å²) in [5.41, 5.74) is 8.20. The first-order valence-corrected chi connectivity index (χ1v) is 14.8. The van der Waals surface area contributed by atoms with Gasteiger partial charge in [-0.15, -0.1) is 0 Å². The van der Waals surface area contributed by atoms with Gasteiger partial charge in [-0.2, -0.15) is 9.97 Å². The molecule has 14 heteroatoms. The Labute approximate surface area is 220 Å². The molecule has 3 heterocycles. The Morgan fingerprint density at radius 2 is 2.14 bits per heavy atom. The molecule has 0 bridgehead atoms. The SMILES string of the molecule is CCOC(=O)[C@@H](C)NP(=S)(Cc1ccccc1)OC[C@@H]1CC(=N)[C@H](n2cnc3c(NC)nc(N)nc32)O1. The zero-order chi connectivity index (χ0) is 26.6. The number of hydrogen-bond acceptors (Lipinski definition) is 11. The molecule has 3 aromatic rings. The number of anilines is 2. The smallest absolute Gasteiger partial charge is 0.323 e. The molecule has 5 N–H and O–H groups in total. The minimum atomic E-state index is -2.72. The molecular formula is C23H31N8O4PS. The molecule has 37 heavy (non-hydrogen) atoms. The van der Waals surface area contributed by atoms with Crippen molar-refractivity contribution in [2.75, 3.05) is 31.3 Å². The zero-order valence-corrected chi connectivity index (χ0v) is 22.6. The molecule has 0 saturated carbocycles. The number of nitrogens with one attached hydrogen (secondary N) is 3. The topological polar surface area (TPSA) is 162 Å². The Balaban J connectivity index is 1.49. The number of hydrogen-bond donors (Lipinski definition) is 4. The van der Waals surface area contributed by atoms with E-state index in [1.54, 1.807) is 31.8 Å². The van der Waals surface area contributed by atoms with E-state index in [4.69, 9.17) is 36.9 Å². The van der Waals surface area contributed by atoms with Gasteiger partial charge in [-0.1, -0.05) is 30.3 Å². The van der Waals surface area contributed by atoms with Crippen molar-refractivity contribution in [1.29, 1.82) is 5.41 Å². The van der Waals surface area contributed by atoms with Crippen LogP contribution in [0.25, 0.3) is 11.2 Å². The maximum absolute atomic E-state index is 12.3. The molecule has 4 atom stereocenters. The molecule has 4 rings (SSSR count). The molecule has 12 nitrogen and oxygen atoms in total. The lowest BCUT2D eigenvalue weighted by molar-refractivity contribution is -0.144. The van der Waals surface area contributed by atoms with Crippen molar-refractivity contribution in [3.05, 3.63) is 42.2 Å². The molecule has 1 aromatic carbocycles. The third kappa shape index (κ3) is 6.31. The lowest BCUT2D eigenvalue weighted by Crippen LogP contribution is -2.34. The molecule has 0 aliphatic carbocycles. The number of rotatable bonds is 11. The number of aromatic nitrogens is 4. The van der Waals surface area contributed by atoms with Crippen LogP contribution < -0.4 is 16.1 Å². The normalized spacial score (nSPS) is 20.0. The molecule has 1 unspecified atom stereocenters. The number of nitrogens with two attached hydrogens (primary N) is 1. The quantitative estimate of drug-likeness (QED) is 0.207. The van der Waals surface area contributed by atoms with Crippen molar-refractivity contribution < 1.29 is 18.8 Å². The first-order chi connectivity index (χ1) is 17.7. The van der Waals surface area contributed by atoms with Crippen LogP contribution in [0.5, 0.6) is 0 Å². The van der Waals surface area contributed by atoms with E-state index in [-0.39, 0.29) is 25.1 Å². The van der Waals surface area contributed by atoms with E-state index in [2.05, 4.69) is 25.4 Å². The van der Waals surface area contributed by atoms with Crippen molar-refractivity contribution in [3.8, 4) is 0 Å². The van der Waals surface area contributed by atoms with Crippen molar-refractivity contribution in [1.82, 2.24) is 24.6 Å². The monoisotopic (exact) mass is 546 g/mol. The molecule has 2 aromatic heterocycles. The van der Waals surface area contributed by atoms with Crippen LogP contribution in [-0.2, 0) is 36.8 Å². The van der Waals surface area contributed by atoms with E-state index >= 15 is 0 Å². The van der Waals surface area contributed by atoms with E-state index in [1.807, 2.05) is 30.3 Å². The summed E-state index contributed by atoms with van der Waals surface area (Å²) in [6.07, 6.45) is -1.50. The van der Waals surface area contributed by atoms with Gasteiger partial charge >= 0.3 is 5.97 Å². The fourth-order valence-electron chi connectivity index (χ4n) is 4.04. The van der Waals surface area contributed by atoms with Gasteiger partial charge in [0.25, 0.3) is 0 Å². The zero-order valence-electron chi connectivity index (χ0n) is 20.9. The van der Waals surface area contributed by atoms with Crippen molar-refractivity contribution in [2.24, 2.45) is 0 Å². The average molecular weight is 547 g/mol. The third-order valence-corrected chi connectivity index (χ3v) is 8.88. The van der Waals surface area contributed by atoms with Crippen LogP contribution in [0.4, 0.5) is 11.8 Å². The maximum Gasteiger partial charge on any atom is 0.323 e. The highest BCUT2D eigenvalue weighted by molar-refractivity contribution is 8.10. The summed E-state index contributed by atoms with van der Waals surface area (Å²) >= 11 is 5.95. The van der Waals surface area contributed by atoms with Gasteiger partial charge in [-0.3, -0.25) is 14.4 Å². The Morgan fingerprint density at radius 1 is 1.38 bits per heavy atom. The predicted molar refractivity (Wildman–Crippen MR) is 145 cm³/mol. The Hall–Kier alpha value is -2.96. The van der Waals surface area contributed by atoms with Crippen LogP contribution >= 0.6 is 6.42 Å². The van der Waals surface area contributed by atoms with Gasteiger partial charge in [0.15, 0.2) is 23.2 Å². The predicted octanol–water partition coefficient (Wildman–Crippen LogP) is 2.82. The fourth-order valence-corrected chi connectivity index (χ4v) is 7.20. The molecule has 0 spiro atoms. The number of carbonyl (C=O) groups is 1. The lowest BCUT2D eigenvalue weighted by atomic mass is 10.2. The highest BCUT2D eigenvalue weighted by atomic mass is 32.4. The first kappa shape index (κ1) is 27.1. The first-order valence-electron chi connectivity index (χ1n) is 11.9. The third-order valence-electron chi connectivity index (χ3n) is 5.73. The highest BCUT2D eigenvalue weighted by Crippen LogP contribution is 2.48. The van der Waals surface area contributed by atoms with Gasteiger partial charge in [-0.05, 0) is 31.2 Å². The number of esters is 1. The standard InChI is InChI=1S/C23H31N8O4PS/c1-4-33-22(32)14(2)30-36(37,12-15-8-6-5-7-9-15)34-11-16-10-17(24)21(35-16)31-13-27-18-19(26-3)28-23(25)29-20(18)31/h5-9,13-14,16,21,24H,4,10-12H2,1-3H3,(H,30,37)(H3,25,26,28,29)/t14-,16+,21-,36?/m1/s1. The minimum Gasteiger partial charge on any atom is -0.465 e. The van der Waals surface area contributed by atoms with Crippen LogP contribution in [0.1, 0.15) is 32.1 Å². The number of imidazole rings is 1.